The van der Waals surface area contributed by atoms with Gasteiger partial charge in [0.25, 0.3) is 0 Å². The third-order valence-electron chi connectivity index (χ3n) is 5.95. The molecule has 1 aromatic rings. The number of hydrogen-bond donors (Lipinski definition) is 2. The smallest absolute Gasteiger partial charge is 0.317 e. The number of nitrogens with one attached hydrogen (secondary N) is 1. The second-order valence-electron chi connectivity index (χ2n) is 7.81. The van der Waals surface area contributed by atoms with Crippen molar-refractivity contribution in [3.8, 4) is 0 Å². The van der Waals surface area contributed by atoms with Crippen LogP contribution in [0.3, 0.4) is 0 Å². The van der Waals surface area contributed by atoms with Crippen molar-refractivity contribution in [2.24, 2.45) is 0 Å². The first-order valence-electron chi connectivity index (χ1n) is 9.75. The first-order valence-corrected chi connectivity index (χ1v) is 9.75. The summed E-state index contributed by atoms with van der Waals surface area (Å²) in [7, 11) is 0. The number of urea groups is 1. The average molecular weight is 343 g/mol. The maximum atomic E-state index is 12.8. The van der Waals surface area contributed by atoms with E-state index in [-0.39, 0.29) is 12.1 Å². The van der Waals surface area contributed by atoms with Crippen LogP contribution >= 0.6 is 0 Å². The summed E-state index contributed by atoms with van der Waals surface area (Å²) >= 11 is 0. The molecule has 2 saturated heterocycles. The van der Waals surface area contributed by atoms with Crippen LogP contribution in [0, 0.1) is 0 Å². The van der Waals surface area contributed by atoms with Crippen LogP contribution in [0.4, 0.5) is 4.79 Å². The maximum absolute atomic E-state index is 12.8. The largest absolute Gasteiger partial charge is 0.387 e. The van der Waals surface area contributed by atoms with Gasteiger partial charge in [-0.1, -0.05) is 30.3 Å². The molecule has 0 spiro atoms. The van der Waals surface area contributed by atoms with Crippen LogP contribution in [0.25, 0.3) is 0 Å². The van der Waals surface area contributed by atoms with Gasteiger partial charge in [-0.05, 0) is 50.6 Å². The van der Waals surface area contributed by atoms with Crippen LogP contribution in [0.15, 0.2) is 30.3 Å². The first-order chi connectivity index (χ1) is 12.2. The highest BCUT2D eigenvalue weighted by atomic mass is 16.3. The molecule has 0 aromatic heterocycles. The van der Waals surface area contributed by atoms with Gasteiger partial charge in [0.1, 0.15) is 0 Å². The molecule has 2 heterocycles. The molecular weight excluding hydrogens is 314 g/mol. The monoisotopic (exact) mass is 343 g/mol. The minimum absolute atomic E-state index is 0.00827. The number of carbonyl (C=O) groups excluding carboxylic acids is 1. The molecule has 3 atom stereocenters. The Labute approximate surface area is 150 Å². The Balaban J connectivity index is 1.35. The van der Waals surface area contributed by atoms with Crippen molar-refractivity contribution in [2.45, 2.75) is 62.8 Å². The Morgan fingerprint density at radius 2 is 2.00 bits per heavy atom. The molecule has 0 unspecified atom stereocenters. The maximum Gasteiger partial charge on any atom is 0.317 e. The molecule has 1 aliphatic carbocycles. The highest BCUT2D eigenvalue weighted by Crippen LogP contribution is 2.30. The lowest BCUT2D eigenvalue weighted by Crippen LogP contribution is -2.52. The van der Waals surface area contributed by atoms with Crippen LogP contribution in [0.2, 0.25) is 0 Å². The second-order valence-corrected chi connectivity index (χ2v) is 7.81. The Morgan fingerprint density at radius 1 is 1.20 bits per heavy atom. The zero-order valence-corrected chi connectivity index (χ0v) is 14.8. The predicted molar refractivity (Wildman–Crippen MR) is 97.3 cm³/mol. The lowest BCUT2D eigenvalue weighted by Gasteiger charge is -2.36. The molecule has 136 valence electrons. The molecule has 4 rings (SSSR count). The number of hydrogen-bond acceptors (Lipinski definition) is 3. The summed E-state index contributed by atoms with van der Waals surface area (Å²) in [5, 5.41) is 13.8. The van der Waals surface area contributed by atoms with E-state index < -0.39 is 6.10 Å². The molecular formula is C20H29N3O2. The van der Waals surface area contributed by atoms with Gasteiger partial charge in [0, 0.05) is 24.7 Å². The molecule has 3 aliphatic rings. The van der Waals surface area contributed by atoms with Crippen molar-refractivity contribution in [3.63, 3.8) is 0 Å². The van der Waals surface area contributed by atoms with E-state index >= 15 is 0 Å². The van der Waals surface area contributed by atoms with E-state index in [4.69, 9.17) is 0 Å². The van der Waals surface area contributed by atoms with E-state index in [1.807, 2.05) is 35.2 Å². The highest BCUT2D eigenvalue weighted by Gasteiger charge is 2.37. The van der Waals surface area contributed by atoms with Gasteiger partial charge in [-0.2, -0.15) is 0 Å². The van der Waals surface area contributed by atoms with Crippen molar-refractivity contribution >= 4 is 6.03 Å². The topological polar surface area (TPSA) is 55.8 Å². The van der Waals surface area contributed by atoms with Gasteiger partial charge in [-0.25, -0.2) is 4.79 Å². The van der Waals surface area contributed by atoms with E-state index in [1.54, 1.807) is 0 Å². The standard InChI is InChI=1S/C20H29N3O2/c24-19(15-5-2-1-3-6-15)14-23(17-8-9-17)20(25)21-16-10-12-22-11-4-7-18(22)13-16/h1-3,5-6,16-19,24H,4,7-14H2,(H,21,25)/t16-,18+,19-/m1/s1. The lowest BCUT2D eigenvalue weighted by atomic mass is 9.98. The van der Waals surface area contributed by atoms with Gasteiger partial charge in [-0.15, -0.1) is 0 Å². The number of aliphatic hydroxyl groups is 1. The third kappa shape index (κ3) is 3.98. The molecule has 1 saturated carbocycles. The second kappa shape index (κ2) is 7.34. The third-order valence-corrected chi connectivity index (χ3v) is 5.95. The normalized spacial score (nSPS) is 27.6. The van der Waals surface area contributed by atoms with E-state index in [1.165, 1.54) is 19.4 Å². The van der Waals surface area contributed by atoms with Crippen LogP contribution in [-0.2, 0) is 0 Å². The van der Waals surface area contributed by atoms with E-state index in [2.05, 4.69) is 10.2 Å². The molecule has 2 aliphatic heterocycles. The van der Waals surface area contributed by atoms with Crippen molar-refractivity contribution in [3.05, 3.63) is 35.9 Å². The van der Waals surface area contributed by atoms with Gasteiger partial charge in [0.2, 0.25) is 0 Å². The summed E-state index contributed by atoms with van der Waals surface area (Å²) in [5.41, 5.74) is 0.875. The van der Waals surface area contributed by atoms with Crippen LogP contribution in [0.1, 0.15) is 50.2 Å². The molecule has 5 nitrogen and oxygen atoms in total. The van der Waals surface area contributed by atoms with Crippen LogP contribution in [0.5, 0.6) is 0 Å². The minimum atomic E-state index is -0.621. The molecule has 2 amide bonds. The minimum Gasteiger partial charge on any atom is -0.387 e. The van der Waals surface area contributed by atoms with Crippen molar-refractivity contribution in [1.82, 2.24) is 15.1 Å². The number of nitrogens with zero attached hydrogens (tertiary/aromatic N) is 2. The highest BCUT2D eigenvalue weighted by molar-refractivity contribution is 5.75. The molecule has 2 N–H and O–H groups in total. The van der Waals surface area contributed by atoms with Gasteiger partial charge in [0.05, 0.1) is 12.6 Å². The summed E-state index contributed by atoms with van der Waals surface area (Å²) in [6, 6.07) is 10.9. The number of amides is 2. The summed E-state index contributed by atoms with van der Waals surface area (Å²) in [6.07, 6.45) is 6.16. The quantitative estimate of drug-likeness (QED) is 0.864. The first kappa shape index (κ1) is 16.9. The number of rotatable bonds is 5. The van der Waals surface area contributed by atoms with Crippen LogP contribution in [-0.4, -0.2) is 58.7 Å². The Kier molecular flexibility index (Phi) is 4.95. The number of fused-ring (bicyclic) bond motifs is 1. The average Bonchev–Trinajstić information content (AvgIpc) is 3.37. The summed E-state index contributed by atoms with van der Waals surface area (Å²) in [6.45, 7) is 2.71. The Bertz CT molecular complexity index is 590. The SMILES string of the molecule is O=C(N[C@@H]1CCN2CCC[C@H]2C1)N(C[C@@H](O)c1ccccc1)C1CC1. The number of carbonyl (C=O) groups is 1. The molecule has 5 heteroatoms. The fourth-order valence-electron chi connectivity index (χ4n) is 4.36. The van der Waals surface area contributed by atoms with E-state index in [9.17, 15) is 9.90 Å². The van der Waals surface area contributed by atoms with Gasteiger partial charge in [0.15, 0.2) is 0 Å². The van der Waals surface area contributed by atoms with E-state index in [0.717, 1.165) is 37.8 Å². The number of piperidine rings is 1. The van der Waals surface area contributed by atoms with Crippen molar-refractivity contribution in [2.75, 3.05) is 19.6 Å². The van der Waals surface area contributed by atoms with Crippen molar-refractivity contribution in [1.29, 1.82) is 0 Å². The van der Waals surface area contributed by atoms with E-state index in [0.29, 0.717) is 18.6 Å². The molecule has 3 fully saturated rings. The zero-order valence-electron chi connectivity index (χ0n) is 14.8. The molecule has 1 aromatic carbocycles. The summed E-state index contributed by atoms with van der Waals surface area (Å²) < 4.78 is 0. The van der Waals surface area contributed by atoms with Gasteiger partial charge >= 0.3 is 6.03 Å². The number of benzene rings is 1. The lowest BCUT2D eigenvalue weighted by molar-refractivity contribution is 0.111. The Morgan fingerprint density at radius 3 is 2.76 bits per heavy atom. The van der Waals surface area contributed by atoms with Gasteiger partial charge in [-0.3, -0.25) is 0 Å². The summed E-state index contributed by atoms with van der Waals surface area (Å²) in [5.74, 6) is 0. The summed E-state index contributed by atoms with van der Waals surface area (Å²) in [4.78, 5) is 17.3. The van der Waals surface area contributed by atoms with Crippen molar-refractivity contribution < 1.29 is 9.90 Å². The molecule has 0 bridgehead atoms. The number of aliphatic hydroxyl groups excluding tert-OH is 1. The molecule has 25 heavy (non-hydrogen) atoms. The molecule has 0 radical (unpaired) electrons. The fraction of sp³-hybridized carbons (Fsp3) is 0.650. The van der Waals surface area contributed by atoms with Crippen LogP contribution < -0.4 is 5.32 Å². The zero-order chi connectivity index (χ0) is 17.2. The Hall–Kier alpha value is -1.59. The van der Waals surface area contributed by atoms with Gasteiger partial charge < -0.3 is 20.2 Å². The fourth-order valence-corrected chi connectivity index (χ4v) is 4.36. The predicted octanol–water partition coefficient (Wildman–Crippen LogP) is 2.52.